The summed E-state index contributed by atoms with van der Waals surface area (Å²) >= 11 is 0. The quantitative estimate of drug-likeness (QED) is 0.893. The molecule has 0 aromatic heterocycles. The fourth-order valence-corrected chi connectivity index (χ4v) is 3.39. The van der Waals surface area contributed by atoms with Crippen molar-refractivity contribution in [2.24, 2.45) is 5.92 Å². The lowest BCUT2D eigenvalue weighted by Gasteiger charge is -2.25. The highest BCUT2D eigenvalue weighted by Gasteiger charge is 2.48. The smallest absolute Gasteiger partial charge is 0.417 e. The van der Waals surface area contributed by atoms with Gasteiger partial charge in [0.25, 0.3) is 0 Å². The molecule has 0 aliphatic carbocycles. The number of ether oxygens (including phenoxy) is 1. The summed E-state index contributed by atoms with van der Waals surface area (Å²) in [6.07, 6.45) is -0.437. The number of fused-ring (bicyclic) bond motifs is 1. The highest BCUT2D eigenvalue weighted by atomic mass is 16.6. The maximum atomic E-state index is 12.8. The number of nitrogens with zero attached hydrogens (tertiary/aromatic N) is 1. The van der Waals surface area contributed by atoms with E-state index in [1.807, 2.05) is 42.5 Å². The third-order valence-electron chi connectivity index (χ3n) is 4.58. The van der Waals surface area contributed by atoms with E-state index >= 15 is 0 Å². The summed E-state index contributed by atoms with van der Waals surface area (Å²) in [5.41, 5.74) is 0.124. The molecule has 2 amide bonds. The summed E-state index contributed by atoms with van der Waals surface area (Å²) in [6.45, 7) is 5.02. The lowest BCUT2D eigenvalue weighted by atomic mass is 9.94. The largest absolute Gasteiger partial charge is 0.480 e. The van der Waals surface area contributed by atoms with Crippen LogP contribution in [0.2, 0.25) is 0 Å². The molecule has 2 unspecified atom stereocenters. The Morgan fingerprint density at radius 1 is 1.15 bits per heavy atom. The average molecular weight is 369 g/mol. The lowest BCUT2D eigenvalue weighted by molar-refractivity contribution is -0.145. The van der Waals surface area contributed by atoms with E-state index in [1.165, 1.54) is 0 Å². The van der Waals surface area contributed by atoms with Gasteiger partial charge in [-0.2, -0.15) is 0 Å². The number of aliphatic carboxylic acids is 1. The predicted octanol–water partition coefficient (Wildman–Crippen LogP) is 3.62. The zero-order chi connectivity index (χ0) is 19.8. The summed E-state index contributed by atoms with van der Waals surface area (Å²) in [5, 5.41) is 11.6. The Morgan fingerprint density at radius 3 is 2.44 bits per heavy atom. The topological polar surface area (TPSA) is 83.9 Å². The molecule has 0 saturated carbocycles. The van der Waals surface area contributed by atoms with E-state index in [0.29, 0.717) is 6.42 Å². The van der Waals surface area contributed by atoms with Gasteiger partial charge in [-0.25, -0.2) is 14.5 Å². The maximum absolute atomic E-state index is 12.8. The number of rotatable bonds is 3. The number of carbonyl (C=O) groups is 3. The highest BCUT2D eigenvalue weighted by Crippen LogP contribution is 2.30. The Bertz CT molecular complexity index is 899. The summed E-state index contributed by atoms with van der Waals surface area (Å²) in [7, 11) is 0. The van der Waals surface area contributed by atoms with Crippen LogP contribution in [0.15, 0.2) is 42.5 Å². The minimum Gasteiger partial charge on any atom is -0.480 e. The molecule has 1 N–H and O–H groups in total. The predicted molar refractivity (Wildman–Crippen MR) is 100 cm³/mol. The fraction of sp³-hybridized carbons (Fsp3) is 0.381. The zero-order valence-corrected chi connectivity index (χ0v) is 15.6. The van der Waals surface area contributed by atoms with Gasteiger partial charge >= 0.3 is 12.1 Å². The number of likely N-dealkylation sites (tertiary alicyclic amines) is 1. The summed E-state index contributed by atoms with van der Waals surface area (Å²) in [5.74, 6) is -2.26. The number of carboxylic acids is 1. The summed E-state index contributed by atoms with van der Waals surface area (Å²) in [4.78, 5) is 37.5. The monoisotopic (exact) mass is 369 g/mol. The van der Waals surface area contributed by atoms with Gasteiger partial charge < -0.3 is 9.84 Å². The SMILES string of the molecule is CC(C)(C)OC(=O)N1C(=O)C(Cc2ccc3ccccc3c2)CC1C(=O)O. The van der Waals surface area contributed by atoms with Crippen LogP contribution >= 0.6 is 0 Å². The van der Waals surface area contributed by atoms with E-state index in [1.54, 1.807) is 20.8 Å². The standard InChI is InChI=1S/C21H23NO5/c1-21(2,3)27-20(26)22-17(19(24)25)12-16(18(22)23)11-13-8-9-14-6-4-5-7-15(14)10-13/h4-10,16-17H,11-12H2,1-3H3,(H,24,25). The van der Waals surface area contributed by atoms with Gasteiger partial charge in [0.1, 0.15) is 11.6 Å². The molecule has 27 heavy (non-hydrogen) atoms. The van der Waals surface area contributed by atoms with Crippen molar-refractivity contribution in [3.63, 3.8) is 0 Å². The average Bonchev–Trinajstić information content (AvgIpc) is 2.90. The van der Waals surface area contributed by atoms with Gasteiger partial charge in [-0.1, -0.05) is 42.5 Å². The first-order valence-corrected chi connectivity index (χ1v) is 8.92. The van der Waals surface area contributed by atoms with Gasteiger partial charge in [0, 0.05) is 5.92 Å². The molecule has 0 spiro atoms. The van der Waals surface area contributed by atoms with Crippen molar-refractivity contribution in [3.8, 4) is 0 Å². The molecule has 2 aromatic carbocycles. The van der Waals surface area contributed by atoms with E-state index in [0.717, 1.165) is 21.2 Å². The number of carboxylic acid groups (broad SMARTS) is 1. The van der Waals surface area contributed by atoms with Crippen LogP contribution < -0.4 is 0 Å². The number of benzene rings is 2. The molecule has 142 valence electrons. The number of hydrogen-bond donors (Lipinski definition) is 1. The van der Waals surface area contributed by atoms with Gasteiger partial charge in [0.15, 0.2) is 0 Å². The van der Waals surface area contributed by atoms with Crippen molar-refractivity contribution in [2.75, 3.05) is 0 Å². The second-order valence-electron chi connectivity index (χ2n) is 7.86. The molecule has 1 aliphatic heterocycles. The van der Waals surface area contributed by atoms with Gasteiger partial charge in [-0.15, -0.1) is 0 Å². The van der Waals surface area contributed by atoms with Crippen molar-refractivity contribution in [3.05, 3.63) is 48.0 Å². The van der Waals surface area contributed by atoms with Gasteiger partial charge in [-0.05, 0) is 49.9 Å². The van der Waals surface area contributed by atoms with Crippen molar-refractivity contribution in [1.82, 2.24) is 4.90 Å². The van der Waals surface area contributed by atoms with Gasteiger partial charge in [-0.3, -0.25) is 4.79 Å². The third kappa shape index (κ3) is 4.10. The van der Waals surface area contributed by atoms with Crippen LogP contribution in [0.1, 0.15) is 32.8 Å². The van der Waals surface area contributed by atoms with E-state index in [2.05, 4.69) is 0 Å². The Labute approximate surface area is 157 Å². The van der Waals surface area contributed by atoms with E-state index in [9.17, 15) is 19.5 Å². The van der Waals surface area contributed by atoms with E-state index in [4.69, 9.17) is 4.74 Å². The van der Waals surface area contributed by atoms with Gasteiger partial charge in [0.2, 0.25) is 5.91 Å². The van der Waals surface area contributed by atoms with Crippen LogP contribution in [-0.2, 0) is 20.7 Å². The molecule has 2 aromatic rings. The molecule has 2 atom stereocenters. The Kier molecular flexibility index (Phi) is 4.91. The summed E-state index contributed by atoms with van der Waals surface area (Å²) < 4.78 is 5.23. The first-order chi connectivity index (χ1) is 12.7. The Morgan fingerprint density at radius 2 is 1.81 bits per heavy atom. The molecule has 3 rings (SSSR count). The Balaban J connectivity index is 1.82. The first kappa shape index (κ1) is 18.9. The minimum atomic E-state index is -1.20. The molecule has 1 fully saturated rings. The molecular weight excluding hydrogens is 346 g/mol. The highest BCUT2D eigenvalue weighted by molar-refractivity contribution is 6.00. The molecule has 1 saturated heterocycles. The number of amides is 2. The number of imide groups is 1. The molecule has 1 aliphatic rings. The normalized spacial score (nSPS) is 20.1. The molecule has 0 bridgehead atoms. The summed E-state index contributed by atoms with van der Waals surface area (Å²) in [6, 6.07) is 12.6. The van der Waals surface area contributed by atoms with E-state index < -0.39 is 35.5 Å². The maximum Gasteiger partial charge on any atom is 0.417 e. The molecule has 1 heterocycles. The van der Waals surface area contributed by atoms with Crippen molar-refractivity contribution in [2.45, 2.75) is 45.3 Å². The Hall–Kier alpha value is -2.89. The van der Waals surface area contributed by atoms with Crippen LogP contribution in [-0.4, -0.2) is 39.6 Å². The number of carbonyl (C=O) groups excluding carboxylic acids is 2. The second-order valence-corrected chi connectivity index (χ2v) is 7.86. The van der Waals surface area contributed by atoms with Crippen molar-refractivity contribution < 1.29 is 24.2 Å². The fourth-order valence-electron chi connectivity index (χ4n) is 3.39. The first-order valence-electron chi connectivity index (χ1n) is 8.92. The lowest BCUT2D eigenvalue weighted by Crippen LogP contribution is -2.45. The third-order valence-corrected chi connectivity index (χ3v) is 4.58. The molecular formula is C21H23NO5. The molecule has 6 heteroatoms. The van der Waals surface area contributed by atoms with Crippen LogP contribution in [0, 0.1) is 5.92 Å². The zero-order valence-electron chi connectivity index (χ0n) is 15.6. The number of hydrogen-bond acceptors (Lipinski definition) is 4. The second kappa shape index (κ2) is 7.02. The van der Waals surface area contributed by atoms with Crippen LogP contribution in [0.5, 0.6) is 0 Å². The van der Waals surface area contributed by atoms with Crippen molar-refractivity contribution >= 4 is 28.7 Å². The minimum absolute atomic E-state index is 0.0836. The van der Waals surface area contributed by atoms with Crippen LogP contribution in [0.3, 0.4) is 0 Å². The van der Waals surface area contributed by atoms with Crippen LogP contribution in [0.25, 0.3) is 10.8 Å². The van der Waals surface area contributed by atoms with Crippen LogP contribution in [0.4, 0.5) is 4.79 Å². The molecule has 0 radical (unpaired) electrons. The molecule has 6 nitrogen and oxygen atoms in total. The van der Waals surface area contributed by atoms with Gasteiger partial charge in [0.05, 0.1) is 0 Å². The van der Waals surface area contributed by atoms with Crippen molar-refractivity contribution in [1.29, 1.82) is 0 Å². The van der Waals surface area contributed by atoms with E-state index in [-0.39, 0.29) is 6.42 Å².